The third kappa shape index (κ3) is 2.18. The first kappa shape index (κ1) is 16.7. The van der Waals surface area contributed by atoms with Crippen LogP contribution in [0.5, 0.6) is 11.5 Å². The first-order valence-electron chi connectivity index (χ1n) is 8.74. The summed E-state index contributed by atoms with van der Waals surface area (Å²) < 4.78 is 11.2. The zero-order chi connectivity index (χ0) is 18.6. The molecule has 1 aromatic rings. The van der Waals surface area contributed by atoms with E-state index in [4.69, 9.17) is 16.0 Å². The van der Waals surface area contributed by atoms with Crippen molar-refractivity contribution in [2.75, 3.05) is 20.3 Å². The number of likely N-dealkylation sites (N-methyl/N-ethyl adjacent to an activating group) is 1. The second-order valence-electron chi connectivity index (χ2n) is 7.37. The van der Waals surface area contributed by atoms with Crippen LogP contribution in [0.4, 0.5) is 0 Å². The lowest BCUT2D eigenvalue weighted by atomic mass is 9.87. The molecular formula is C19H21N3O4. The third-order valence-corrected chi connectivity index (χ3v) is 5.77. The summed E-state index contributed by atoms with van der Waals surface area (Å²) in [7, 11) is 1.65. The Bertz CT molecular complexity index is 833. The van der Waals surface area contributed by atoms with Crippen LogP contribution in [0.3, 0.4) is 0 Å². The Balaban J connectivity index is 1.82. The number of amides is 2. The van der Waals surface area contributed by atoms with Crippen LogP contribution in [0.25, 0.3) is 4.85 Å². The lowest BCUT2D eigenvalue weighted by Crippen LogP contribution is -2.60. The summed E-state index contributed by atoms with van der Waals surface area (Å²) in [5.41, 5.74) is -0.0712. The predicted octanol–water partition coefficient (Wildman–Crippen LogP) is 1.64. The maximum Gasteiger partial charge on any atom is 0.256 e. The smallest absolute Gasteiger partial charge is 0.256 e. The van der Waals surface area contributed by atoms with E-state index in [1.165, 1.54) is 4.90 Å². The van der Waals surface area contributed by atoms with E-state index in [9.17, 15) is 9.59 Å². The number of piperazine rings is 1. The van der Waals surface area contributed by atoms with Crippen molar-refractivity contribution < 1.29 is 19.1 Å². The van der Waals surface area contributed by atoms with Crippen LogP contribution in [-0.4, -0.2) is 59.5 Å². The van der Waals surface area contributed by atoms with Gasteiger partial charge in [0.25, 0.3) is 5.54 Å². The molecule has 0 saturated carbocycles. The minimum atomic E-state index is -0.870. The van der Waals surface area contributed by atoms with Crippen LogP contribution in [0.1, 0.15) is 31.9 Å². The molecule has 4 atom stereocenters. The fraction of sp³-hybridized carbons (Fsp3) is 0.526. The minimum absolute atomic E-state index is 0.105. The molecule has 1 aromatic carbocycles. The zero-order valence-corrected chi connectivity index (χ0v) is 15.1. The highest BCUT2D eigenvalue weighted by molar-refractivity contribution is 5.97. The minimum Gasteiger partial charge on any atom is -0.486 e. The Labute approximate surface area is 152 Å². The van der Waals surface area contributed by atoms with Crippen LogP contribution in [0.2, 0.25) is 0 Å². The number of ether oxygens (including phenoxy) is 2. The quantitative estimate of drug-likeness (QED) is 0.719. The average molecular weight is 355 g/mol. The summed E-state index contributed by atoms with van der Waals surface area (Å²) >= 11 is 0. The Hall–Kier alpha value is -2.75. The summed E-state index contributed by atoms with van der Waals surface area (Å²) in [4.78, 5) is 32.7. The number of nitrogens with zero attached hydrogens (tertiary/aromatic N) is 3. The molecule has 26 heavy (non-hydrogen) atoms. The summed E-state index contributed by atoms with van der Waals surface area (Å²) in [5, 5.41) is 0. The standard InChI is InChI=1S/C19H21N3O4/c1-11-17(23)22-13(18(24)21(11)4)10-19(2,20-3)16(22)12-5-6-14-15(9-12)26-8-7-25-14/h5-6,9,11,13,16H,7-8,10H2,1-2,4H3/t11-,13+,16?,19+/m1/s1. The molecule has 0 N–H and O–H groups in total. The van der Waals surface area contributed by atoms with E-state index in [2.05, 4.69) is 4.85 Å². The average Bonchev–Trinajstić information content (AvgIpc) is 2.98. The molecule has 0 aromatic heterocycles. The second kappa shape index (κ2) is 5.63. The summed E-state index contributed by atoms with van der Waals surface area (Å²) in [6.07, 6.45) is 0.331. The maximum atomic E-state index is 13.0. The molecule has 4 rings (SSSR count). The van der Waals surface area contributed by atoms with Gasteiger partial charge < -0.3 is 24.1 Å². The number of fused-ring (bicyclic) bond motifs is 2. The predicted molar refractivity (Wildman–Crippen MR) is 92.7 cm³/mol. The molecule has 2 fully saturated rings. The van der Waals surface area contributed by atoms with Gasteiger partial charge in [0.2, 0.25) is 11.8 Å². The van der Waals surface area contributed by atoms with Crippen LogP contribution < -0.4 is 9.47 Å². The second-order valence-corrected chi connectivity index (χ2v) is 7.37. The normalized spacial score (nSPS) is 33.1. The molecule has 3 aliphatic rings. The number of hydrogen-bond donors (Lipinski definition) is 0. The van der Waals surface area contributed by atoms with Gasteiger partial charge in [-0.2, -0.15) is 0 Å². The van der Waals surface area contributed by atoms with Gasteiger partial charge >= 0.3 is 0 Å². The highest BCUT2D eigenvalue weighted by Crippen LogP contribution is 2.50. The van der Waals surface area contributed by atoms with E-state index in [1.54, 1.807) is 18.9 Å². The van der Waals surface area contributed by atoms with Crippen molar-refractivity contribution in [2.24, 2.45) is 0 Å². The van der Waals surface area contributed by atoms with Crippen molar-refractivity contribution >= 4 is 11.8 Å². The van der Waals surface area contributed by atoms with Crippen LogP contribution in [-0.2, 0) is 9.59 Å². The Morgan fingerprint density at radius 3 is 2.58 bits per heavy atom. The molecule has 2 amide bonds. The largest absolute Gasteiger partial charge is 0.486 e. The zero-order valence-electron chi connectivity index (χ0n) is 15.1. The number of hydrogen-bond acceptors (Lipinski definition) is 4. The van der Waals surface area contributed by atoms with Gasteiger partial charge in [0, 0.05) is 14.0 Å². The van der Waals surface area contributed by atoms with Crippen LogP contribution in [0.15, 0.2) is 18.2 Å². The number of rotatable bonds is 1. The fourth-order valence-electron chi connectivity index (χ4n) is 4.23. The number of carbonyl (C=O) groups is 2. The molecule has 1 unspecified atom stereocenters. The van der Waals surface area contributed by atoms with E-state index in [-0.39, 0.29) is 11.8 Å². The van der Waals surface area contributed by atoms with Gasteiger partial charge in [-0.05, 0) is 24.6 Å². The van der Waals surface area contributed by atoms with Crippen molar-refractivity contribution in [2.45, 2.75) is 43.9 Å². The van der Waals surface area contributed by atoms with Gasteiger partial charge in [0.05, 0.1) is 6.42 Å². The van der Waals surface area contributed by atoms with E-state index in [0.29, 0.717) is 31.1 Å². The van der Waals surface area contributed by atoms with Gasteiger partial charge in [-0.25, -0.2) is 6.57 Å². The molecule has 0 aliphatic carbocycles. The molecule has 0 bridgehead atoms. The van der Waals surface area contributed by atoms with E-state index in [0.717, 1.165) is 5.56 Å². The molecule has 2 saturated heterocycles. The molecular weight excluding hydrogens is 334 g/mol. The van der Waals surface area contributed by atoms with Gasteiger partial charge in [0.1, 0.15) is 31.3 Å². The first-order valence-corrected chi connectivity index (χ1v) is 8.74. The van der Waals surface area contributed by atoms with E-state index < -0.39 is 23.7 Å². The van der Waals surface area contributed by atoms with E-state index >= 15 is 0 Å². The summed E-state index contributed by atoms with van der Waals surface area (Å²) in [6, 6.07) is 3.89. The van der Waals surface area contributed by atoms with Gasteiger partial charge in [-0.1, -0.05) is 6.07 Å². The highest BCUT2D eigenvalue weighted by Gasteiger charge is 2.62. The molecule has 3 aliphatic heterocycles. The lowest BCUT2D eigenvalue weighted by molar-refractivity contribution is -0.159. The monoisotopic (exact) mass is 355 g/mol. The van der Waals surface area contributed by atoms with Crippen molar-refractivity contribution in [1.29, 1.82) is 0 Å². The Morgan fingerprint density at radius 1 is 1.19 bits per heavy atom. The lowest BCUT2D eigenvalue weighted by Gasteiger charge is -2.41. The Kier molecular flexibility index (Phi) is 3.62. The third-order valence-electron chi connectivity index (χ3n) is 5.77. The van der Waals surface area contributed by atoms with Gasteiger partial charge in [0.15, 0.2) is 11.5 Å². The van der Waals surface area contributed by atoms with E-state index in [1.807, 2.05) is 25.1 Å². The number of benzene rings is 1. The van der Waals surface area contributed by atoms with Crippen LogP contribution >= 0.6 is 0 Å². The first-order chi connectivity index (χ1) is 12.4. The summed E-state index contributed by atoms with van der Waals surface area (Å²) in [5.74, 6) is 1.05. The number of carbonyl (C=O) groups excluding carboxylic acids is 2. The van der Waals surface area contributed by atoms with Gasteiger partial charge in [-0.3, -0.25) is 9.59 Å². The summed E-state index contributed by atoms with van der Waals surface area (Å²) in [6.45, 7) is 12.3. The molecule has 0 spiro atoms. The van der Waals surface area contributed by atoms with Crippen molar-refractivity contribution in [1.82, 2.24) is 9.80 Å². The van der Waals surface area contributed by atoms with Crippen molar-refractivity contribution in [3.63, 3.8) is 0 Å². The molecule has 7 nitrogen and oxygen atoms in total. The SMILES string of the molecule is [C-]#[N+][C@@]1(C)C[C@H]2C(=O)N(C)[C@H](C)C(=O)N2C1c1ccc2c(c1)OCCO2. The molecule has 3 heterocycles. The van der Waals surface area contributed by atoms with Crippen molar-refractivity contribution in [3.8, 4) is 11.5 Å². The van der Waals surface area contributed by atoms with Gasteiger partial charge in [-0.15, -0.1) is 0 Å². The molecule has 136 valence electrons. The topological polar surface area (TPSA) is 63.4 Å². The Morgan fingerprint density at radius 2 is 1.88 bits per heavy atom. The fourth-order valence-corrected chi connectivity index (χ4v) is 4.23. The highest BCUT2D eigenvalue weighted by atomic mass is 16.6. The maximum absolute atomic E-state index is 13.0. The molecule has 7 heteroatoms. The van der Waals surface area contributed by atoms with Crippen LogP contribution in [0, 0.1) is 6.57 Å². The molecule has 0 radical (unpaired) electrons. The van der Waals surface area contributed by atoms with Crippen molar-refractivity contribution in [3.05, 3.63) is 35.2 Å².